The average Bonchev–Trinajstić information content (AvgIpc) is 3.44. The molecule has 158 valence electrons. The summed E-state index contributed by atoms with van der Waals surface area (Å²) in [7, 11) is -3.90. The zero-order valence-electron chi connectivity index (χ0n) is 16.0. The molecule has 0 saturated carbocycles. The van der Waals surface area contributed by atoms with E-state index in [0.29, 0.717) is 19.4 Å². The van der Waals surface area contributed by atoms with Gasteiger partial charge in [0.1, 0.15) is 15.7 Å². The van der Waals surface area contributed by atoms with Gasteiger partial charge >= 0.3 is 0 Å². The lowest BCUT2D eigenvalue weighted by molar-refractivity contribution is -0.126. The van der Waals surface area contributed by atoms with Crippen LogP contribution in [0.5, 0.6) is 0 Å². The van der Waals surface area contributed by atoms with Gasteiger partial charge in [-0.3, -0.25) is 4.79 Å². The summed E-state index contributed by atoms with van der Waals surface area (Å²) in [6.45, 7) is 0.719. The number of benzene rings is 1. The number of sulfonamides is 1. The molecule has 1 saturated heterocycles. The van der Waals surface area contributed by atoms with E-state index >= 15 is 0 Å². The van der Waals surface area contributed by atoms with Crippen molar-refractivity contribution in [2.75, 3.05) is 13.1 Å². The third-order valence-corrected chi connectivity index (χ3v) is 8.87. The number of carbonyl (C=O) groups excluding carboxylic acids is 1. The van der Waals surface area contributed by atoms with E-state index in [0.717, 1.165) is 21.6 Å². The number of nitrogens with one attached hydrogen (secondary N) is 1. The van der Waals surface area contributed by atoms with Crippen molar-refractivity contribution in [1.82, 2.24) is 14.6 Å². The lowest BCUT2D eigenvalue weighted by Crippen LogP contribution is -2.43. The number of hydrogen-bond donors (Lipinski definition) is 1. The number of carbonyl (C=O) groups is 1. The topological polar surface area (TPSA) is 79.4 Å². The minimum atomic E-state index is -3.90. The highest BCUT2D eigenvalue weighted by Crippen LogP contribution is 2.28. The van der Waals surface area contributed by atoms with Gasteiger partial charge in [-0.1, -0.05) is 18.2 Å². The quantitative estimate of drug-likeness (QED) is 0.602. The van der Waals surface area contributed by atoms with Gasteiger partial charge in [-0.05, 0) is 36.4 Å². The van der Waals surface area contributed by atoms with Gasteiger partial charge in [0, 0.05) is 24.4 Å². The Bertz CT molecular complexity index is 1120. The third kappa shape index (κ3) is 4.46. The Morgan fingerprint density at radius 2 is 1.93 bits per heavy atom. The van der Waals surface area contributed by atoms with Crippen molar-refractivity contribution in [3.63, 3.8) is 0 Å². The predicted molar refractivity (Wildman–Crippen MR) is 115 cm³/mol. The van der Waals surface area contributed by atoms with Crippen LogP contribution in [-0.4, -0.2) is 36.7 Å². The molecule has 0 spiro atoms. The van der Waals surface area contributed by atoms with Crippen LogP contribution in [0.1, 0.15) is 18.5 Å². The first-order valence-corrected chi connectivity index (χ1v) is 12.7. The molecule has 0 atom stereocenters. The maximum Gasteiger partial charge on any atom is 0.245 e. The van der Waals surface area contributed by atoms with Crippen LogP contribution in [0.2, 0.25) is 0 Å². The highest BCUT2D eigenvalue weighted by Gasteiger charge is 2.33. The number of hydrogen-bond acceptors (Lipinski definition) is 6. The molecule has 0 unspecified atom stereocenters. The molecule has 4 rings (SSSR count). The van der Waals surface area contributed by atoms with Gasteiger partial charge < -0.3 is 5.32 Å². The van der Waals surface area contributed by atoms with Crippen LogP contribution in [-0.2, 0) is 21.4 Å². The monoisotopic (exact) mass is 465 g/mol. The van der Waals surface area contributed by atoms with Gasteiger partial charge in [-0.2, -0.15) is 4.31 Å². The minimum Gasteiger partial charge on any atom is -0.350 e. The standard InChI is InChI=1S/C20H20FN3O3S3/c21-16-4-1-2-6-18(16)30(26,27)24-9-7-14(8-10-24)19(25)22-12-15-13-29-20(23-15)17-5-3-11-28-17/h1-6,11,13-14H,7-10,12H2,(H,22,25). The SMILES string of the molecule is O=C(NCc1csc(-c2cccs2)n1)C1CCN(S(=O)(=O)c2ccccc2F)CC1. The lowest BCUT2D eigenvalue weighted by atomic mass is 9.97. The number of amides is 1. The molecule has 1 aromatic carbocycles. The molecule has 0 aliphatic carbocycles. The van der Waals surface area contributed by atoms with E-state index < -0.39 is 15.8 Å². The van der Waals surface area contributed by atoms with Crippen molar-refractivity contribution in [3.8, 4) is 9.88 Å². The first kappa shape index (κ1) is 21.1. The van der Waals surface area contributed by atoms with Crippen molar-refractivity contribution in [2.24, 2.45) is 5.92 Å². The molecular weight excluding hydrogens is 445 g/mol. The molecule has 1 aliphatic rings. The highest BCUT2D eigenvalue weighted by molar-refractivity contribution is 7.89. The molecule has 1 aliphatic heterocycles. The number of thiophene rings is 1. The Hall–Kier alpha value is -2.14. The van der Waals surface area contributed by atoms with Crippen molar-refractivity contribution in [3.05, 3.63) is 58.7 Å². The Morgan fingerprint density at radius 3 is 2.63 bits per heavy atom. The number of rotatable bonds is 6. The summed E-state index contributed by atoms with van der Waals surface area (Å²) in [4.78, 5) is 17.8. The predicted octanol–water partition coefficient (Wildman–Crippen LogP) is 3.73. The van der Waals surface area contributed by atoms with Gasteiger partial charge in [0.2, 0.25) is 15.9 Å². The zero-order chi connectivity index (χ0) is 21.1. The number of piperidine rings is 1. The van der Waals surface area contributed by atoms with Crippen LogP contribution in [0, 0.1) is 11.7 Å². The Morgan fingerprint density at radius 1 is 1.17 bits per heavy atom. The number of thiazole rings is 1. The summed E-state index contributed by atoms with van der Waals surface area (Å²) in [5.74, 6) is -1.14. The van der Waals surface area contributed by atoms with E-state index in [-0.39, 0.29) is 29.8 Å². The lowest BCUT2D eigenvalue weighted by Gasteiger charge is -2.30. The van der Waals surface area contributed by atoms with Crippen molar-refractivity contribution >= 4 is 38.6 Å². The second-order valence-corrected chi connectivity index (χ2v) is 10.7. The molecule has 10 heteroatoms. The van der Waals surface area contributed by atoms with E-state index in [2.05, 4.69) is 10.3 Å². The van der Waals surface area contributed by atoms with Crippen LogP contribution in [0.3, 0.4) is 0 Å². The fourth-order valence-electron chi connectivity index (χ4n) is 3.37. The third-order valence-electron chi connectivity index (χ3n) is 5.01. The van der Waals surface area contributed by atoms with E-state index in [1.807, 2.05) is 22.9 Å². The van der Waals surface area contributed by atoms with Crippen LogP contribution < -0.4 is 5.32 Å². The molecule has 0 radical (unpaired) electrons. The summed E-state index contributed by atoms with van der Waals surface area (Å²) in [5, 5.41) is 7.76. The second-order valence-electron chi connectivity index (χ2n) is 6.95. The van der Waals surface area contributed by atoms with Gasteiger partial charge in [0.15, 0.2) is 0 Å². The molecule has 1 N–H and O–H groups in total. The molecule has 6 nitrogen and oxygen atoms in total. The van der Waals surface area contributed by atoms with Crippen molar-refractivity contribution in [2.45, 2.75) is 24.3 Å². The van der Waals surface area contributed by atoms with Crippen LogP contribution in [0.25, 0.3) is 9.88 Å². The van der Waals surface area contributed by atoms with Crippen LogP contribution in [0.15, 0.2) is 52.1 Å². The molecule has 3 heterocycles. The number of aromatic nitrogens is 1. The fourth-order valence-corrected chi connectivity index (χ4v) is 6.54. The van der Waals surface area contributed by atoms with E-state index in [9.17, 15) is 17.6 Å². The maximum absolute atomic E-state index is 13.9. The fraction of sp³-hybridized carbons (Fsp3) is 0.300. The zero-order valence-corrected chi connectivity index (χ0v) is 18.4. The summed E-state index contributed by atoms with van der Waals surface area (Å²) < 4.78 is 40.5. The van der Waals surface area contributed by atoms with Crippen molar-refractivity contribution < 1.29 is 17.6 Å². The smallest absolute Gasteiger partial charge is 0.245 e. The molecule has 30 heavy (non-hydrogen) atoms. The van der Waals surface area contributed by atoms with Crippen LogP contribution in [0.4, 0.5) is 4.39 Å². The first-order valence-electron chi connectivity index (χ1n) is 9.46. The average molecular weight is 466 g/mol. The van der Waals surface area contributed by atoms with Gasteiger partial charge in [0.25, 0.3) is 0 Å². The van der Waals surface area contributed by atoms with Crippen LogP contribution >= 0.6 is 22.7 Å². The summed E-state index contributed by atoms with van der Waals surface area (Å²) in [6.07, 6.45) is 0.800. The van der Waals surface area contributed by atoms with E-state index in [1.54, 1.807) is 22.7 Å². The molecule has 1 fully saturated rings. The maximum atomic E-state index is 13.9. The normalized spacial score (nSPS) is 15.9. The molecule has 1 amide bonds. The largest absolute Gasteiger partial charge is 0.350 e. The van der Waals surface area contributed by atoms with Gasteiger partial charge in [-0.15, -0.1) is 22.7 Å². The Labute approximate surface area is 182 Å². The molecule has 3 aromatic rings. The van der Waals surface area contributed by atoms with Gasteiger partial charge in [-0.25, -0.2) is 17.8 Å². The van der Waals surface area contributed by atoms with Gasteiger partial charge in [0.05, 0.1) is 17.1 Å². The Balaban J connectivity index is 1.31. The summed E-state index contributed by atoms with van der Waals surface area (Å²) >= 11 is 3.16. The number of halogens is 1. The summed E-state index contributed by atoms with van der Waals surface area (Å²) in [5.41, 5.74) is 0.802. The van der Waals surface area contributed by atoms with Crippen molar-refractivity contribution in [1.29, 1.82) is 0 Å². The second kappa shape index (κ2) is 8.93. The molecular formula is C20H20FN3O3S3. The highest BCUT2D eigenvalue weighted by atomic mass is 32.2. The molecule has 2 aromatic heterocycles. The summed E-state index contributed by atoms with van der Waals surface area (Å²) in [6, 6.07) is 9.34. The Kier molecular flexibility index (Phi) is 6.28. The molecule has 0 bridgehead atoms. The van der Waals surface area contributed by atoms with E-state index in [1.165, 1.54) is 22.5 Å². The first-order chi connectivity index (χ1) is 14.4. The number of nitrogens with zero attached hydrogens (tertiary/aromatic N) is 2. The van der Waals surface area contributed by atoms with E-state index in [4.69, 9.17) is 0 Å². The minimum absolute atomic E-state index is 0.108.